The Labute approximate surface area is 131 Å². The van der Waals surface area contributed by atoms with Crippen LogP contribution in [0.4, 0.5) is 4.79 Å². The average molecular weight is 305 g/mol. The molecule has 5 heteroatoms. The van der Waals surface area contributed by atoms with Gasteiger partial charge in [-0.05, 0) is 57.2 Å². The molecule has 0 aromatic heterocycles. The van der Waals surface area contributed by atoms with Crippen molar-refractivity contribution in [3.63, 3.8) is 0 Å². The molecule has 120 valence electrons. The first kappa shape index (κ1) is 16.3. The zero-order valence-corrected chi connectivity index (χ0v) is 13.5. The first-order valence-corrected chi connectivity index (χ1v) is 7.48. The lowest BCUT2D eigenvalue weighted by molar-refractivity contribution is 0.0495. The second-order valence-corrected chi connectivity index (χ2v) is 6.57. The Balaban J connectivity index is 2.08. The minimum atomic E-state index is -0.521. The molecule has 1 fully saturated rings. The summed E-state index contributed by atoms with van der Waals surface area (Å²) in [6.45, 7) is 5.51. The normalized spacial score (nSPS) is 15.8. The molecule has 0 saturated heterocycles. The summed E-state index contributed by atoms with van der Waals surface area (Å²) in [7, 11) is 1.35. The number of hydrogen-bond donors (Lipinski definition) is 1. The summed E-state index contributed by atoms with van der Waals surface area (Å²) in [5.74, 6) is 0.0612. The molecule has 1 aromatic carbocycles. The van der Waals surface area contributed by atoms with Gasteiger partial charge in [-0.2, -0.15) is 0 Å². The van der Waals surface area contributed by atoms with Gasteiger partial charge in [0.05, 0.1) is 18.7 Å². The zero-order valence-electron chi connectivity index (χ0n) is 13.5. The number of rotatable bonds is 4. The molecule has 1 saturated carbocycles. The zero-order chi connectivity index (χ0) is 16.3. The maximum absolute atomic E-state index is 12.0. The molecule has 1 aliphatic carbocycles. The lowest BCUT2D eigenvalue weighted by atomic mass is 10.0. The van der Waals surface area contributed by atoms with Gasteiger partial charge in [-0.1, -0.05) is 12.1 Å². The number of carbonyl (C=O) groups excluding carboxylic acids is 2. The van der Waals surface area contributed by atoms with Gasteiger partial charge in [-0.15, -0.1) is 0 Å². The van der Waals surface area contributed by atoms with Crippen molar-refractivity contribution in [1.82, 2.24) is 5.32 Å². The Hall–Kier alpha value is -2.04. The van der Waals surface area contributed by atoms with Crippen LogP contribution in [0.15, 0.2) is 24.3 Å². The Morgan fingerprint density at radius 1 is 1.18 bits per heavy atom. The molecule has 0 bridgehead atoms. The van der Waals surface area contributed by atoms with Gasteiger partial charge < -0.3 is 14.8 Å². The topological polar surface area (TPSA) is 64.6 Å². The van der Waals surface area contributed by atoms with E-state index in [4.69, 9.17) is 4.74 Å². The molecule has 0 radical (unpaired) electrons. The van der Waals surface area contributed by atoms with E-state index >= 15 is 0 Å². The molecule has 22 heavy (non-hydrogen) atoms. The second kappa shape index (κ2) is 6.38. The highest BCUT2D eigenvalue weighted by atomic mass is 16.6. The largest absolute Gasteiger partial charge is 0.465 e. The van der Waals surface area contributed by atoms with Gasteiger partial charge in [0, 0.05) is 0 Å². The molecule has 0 spiro atoms. The van der Waals surface area contributed by atoms with Crippen molar-refractivity contribution < 1.29 is 19.1 Å². The quantitative estimate of drug-likeness (QED) is 0.865. The Morgan fingerprint density at radius 3 is 2.23 bits per heavy atom. The third-order valence-electron chi connectivity index (χ3n) is 3.46. The first-order valence-electron chi connectivity index (χ1n) is 7.48. The fourth-order valence-electron chi connectivity index (χ4n) is 2.28. The molecule has 5 nitrogen and oxygen atoms in total. The number of esters is 1. The SMILES string of the molecule is COC(=O)c1ccc(C(NC(=O)OC(C)(C)C)C2CC2)cc1. The van der Waals surface area contributed by atoms with Crippen molar-refractivity contribution in [2.75, 3.05) is 7.11 Å². The highest BCUT2D eigenvalue weighted by Gasteiger charge is 2.34. The van der Waals surface area contributed by atoms with Crippen LogP contribution in [0.25, 0.3) is 0 Å². The van der Waals surface area contributed by atoms with Gasteiger partial charge in [-0.25, -0.2) is 9.59 Å². The highest BCUT2D eigenvalue weighted by molar-refractivity contribution is 5.89. The van der Waals surface area contributed by atoms with E-state index in [0.717, 1.165) is 18.4 Å². The van der Waals surface area contributed by atoms with Gasteiger partial charge in [0.15, 0.2) is 0 Å². The number of nitrogens with one attached hydrogen (secondary N) is 1. The average Bonchev–Trinajstić information content (AvgIpc) is 3.27. The molecule has 1 unspecified atom stereocenters. The van der Waals surface area contributed by atoms with E-state index in [1.54, 1.807) is 12.1 Å². The Morgan fingerprint density at radius 2 is 1.77 bits per heavy atom. The van der Waals surface area contributed by atoms with E-state index in [-0.39, 0.29) is 12.0 Å². The number of benzene rings is 1. The molecular weight excluding hydrogens is 282 g/mol. The molecule has 1 amide bonds. The molecule has 1 aliphatic rings. The smallest absolute Gasteiger partial charge is 0.408 e. The molecule has 1 N–H and O–H groups in total. The monoisotopic (exact) mass is 305 g/mol. The summed E-state index contributed by atoms with van der Waals surface area (Å²) in [5, 5.41) is 2.94. The van der Waals surface area contributed by atoms with Crippen LogP contribution in [0.1, 0.15) is 55.6 Å². The third-order valence-corrected chi connectivity index (χ3v) is 3.46. The molecule has 0 aliphatic heterocycles. The maximum atomic E-state index is 12.0. The molecule has 2 rings (SSSR count). The minimum absolute atomic E-state index is 0.0819. The summed E-state index contributed by atoms with van der Waals surface area (Å²) in [6, 6.07) is 7.06. The van der Waals surface area contributed by atoms with Gasteiger partial charge in [-0.3, -0.25) is 0 Å². The second-order valence-electron chi connectivity index (χ2n) is 6.57. The van der Waals surface area contributed by atoms with Crippen molar-refractivity contribution in [2.24, 2.45) is 5.92 Å². The summed E-state index contributed by atoms with van der Waals surface area (Å²) < 4.78 is 10.0. The van der Waals surface area contributed by atoms with E-state index in [1.165, 1.54) is 7.11 Å². The van der Waals surface area contributed by atoms with Crippen molar-refractivity contribution in [3.8, 4) is 0 Å². The number of amides is 1. The molecule has 0 heterocycles. The summed E-state index contributed by atoms with van der Waals surface area (Å²) >= 11 is 0. The lowest BCUT2D eigenvalue weighted by Crippen LogP contribution is -2.35. The standard InChI is InChI=1S/C17H23NO4/c1-17(2,3)22-16(20)18-14(11-5-6-11)12-7-9-13(10-8-12)15(19)21-4/h7-11,14H,5-6H2,1-4H3,(H,18,20). The van der Waals surface area contributed by atoms with Gasteiger partial charge in [0.1, 0.15) is 5.60 Å². The summed E-state index contributed by atoms with van der Waals surface area (Å²) in [4.78, 5) is 23.5. The predicted octanol–water partition coefficient (Wildman–Crippen LogP) is 3.45. The third kappa shape index (κ3) is 4.48. The van der Waals surface area contributed by atoms with Crippen LogP contribution in [0, 0.1) is 5.92 Å². The van der Waals surface area contributed by atoms with Gasteiger partial charge in [0.25, 0.3) is 0 Å². The predicted molar refractivity (Wildman–Crippen MR) is 82.6 cm³/mol. The Bertz CT molecular complexity index is 541. The van der Waals surface area contributed by atoms with Crippen LogP contribution in [0.2, 0.25) is 0 Å². The molecule has 1 atom stereocenters. The van der Waals surface area contributed by atoms with E-state index < -0.39 is 11.7 Å². The fourth-order valence-corrected chi connectivity index (χ4v) is 2.28. The van der Waals surface area contributed by atoms with Crippen LogP contribution in [-0.4, -0.2) is 24.8 Å². The van der Waals surface area contributed by atoms with Gasteiger partial charge in [0.2, 0.25) is 0 Å². The molecule has 1 aromatic rings. The van der Waals surface area contributed by atoms with Crippen LogP contribution >= 0.6 is 0 Å². The number of carbonyl (C=O) groups is 2. The maximum Gasteiger partial charge on any atom is 0.408 e. The van der Waals surface area contributed by atoms with E-state index in [1.807, 2.05) is 32.9 Å². The Kier molecular flexibility index (Phi) is 4.74. The van der Waals surface area contributed by atoms with E-state index in [2.05, 4.69) is 10.1 Å². The van der Waals surface area contributed by atoms with E-state index in [9.17, 15) is 9.59 Å². The molecular formula is C17H23NO4. The van der Waals surface area contributed by atoms with Crippen molar-refractivity contribution in [1.29, 1.82) is 0 Å². The number of ether oxygens (including phenoxy) is 2. The van der Waals surface area contributed by atoms with Crippen LogP contribution < -0.4 is 5.32 Å². The minimum Gasteiger partial charge on any atom is -0.465 e. The van der Waals surface area contributed by atoms with E-state index in [0.29, 0.717) is 11.5 Å². The van der Waals surface area contributed by atoms with Crippen LogP contribution in [-0.2, 0) is 9.47 Å². The summed E-state index contributed by atoms with van der Waals surface area (Å²) in [5.41, 5.74) is 0.950. The van der Waals surface area contributed by atoms with Crippen molar-refractivity contribution >= 4 is 12.1 Å². The van der Waals surface area contributed by atoms with Crippen molar-refractivity contribution in [2.45, 2.75) is 45.3 Å². The van der Waals surface area contributed by atoms with Crippen LogP contribution in [0.3, 0.4) is 0 Å². The first-order chi connectivity index (χ1) is 10.3. The van der Waals surface area contributed by atoms with Crippen LogP contribution in [0.5, 0.6) is 0 Å². The fraction of sp³-hybridized carbons (Fsp3) is 0.529. The van der Waals surface area contributed by atoms with Crippen molar-refractivity contribution in [3.05, 3.63) is 35.4 Å². The summed E-state index contributed by atoms with van der Waals surface area (Å²) in [6.07, 6.45) is 1.75. The number of hydrogen-bond acceptors (Lipinski definition) is 4. The highest BCUT2D eigenvalue weighted by Crippen LogP contribution is 2.41. The lowest BCUT2D eigenvalue weighted by Gasteiger charge is -2.24. The number of alkyl carbamates (subject to hydrolysis) is 1. The van der Waals surface area contributed by atoms with Gasteiger partial charge >= 0.3 is 12.1 Å². The number of methoxy groups -OCH3 is 1.